The first-order chi connectivity index (χ1) is 11.9. The van der Waals surface area contributed by atoms with Gasteiger partial charge in [-0.3, -0.25) is 4.79 Å². The first-order valence-corrected chi connectivity index (χ1v) is 8.52. The summed E-state index contributed by atoms with van der Waals surface area (Å²) in [6.45, 7) is 1.37. The molecule has 0 spiro atoms. The fraction of sp³-hybridized carbons (Fsp3) is 0.526. The summed E-state index contributed by atoms with van der Waals surface area (Å²) >= 11 is 0. The summed E-state index contributed by atoms with van der Waals surface area (Å²) in [6.07, 6.45) is 6.06. The molecular weight excluding hydrogens is 328 g/mol. The van der Waals surface area contributed by atoms with Crippen molar-refractivity contribution >= 4 is 12.0 Å². The van der Waals surface area contributed by atoms with E-state index in [9.17, 15) is 13.6 Å². The van der Waals surface area contributed by atoms with Crippen molar-refractivity contribution in [1.29, 1.82) is 0 Å². The average Bonchev–Trinajstić information content (AvgIpc) is 2.57. The van der Waals surface area contributed by atoms with Gasteiger partial charge in [-0.25, -0.2) is 0 Å². The van der Waals surface area contributed by atoms with Gasteiger partial charge in [0.15, 0.2) is 11.5 Å². The van der Waals surface area contributed by atoms with Gasteiger partial charge in [0.25, 0.3) is 0 Å². The summed E-state index contributed by atoms with van der Waals surface area (Å²) in [5.74, 6) is 0.867. The van der Waals surface area contributed by atoms with Crippen LogP contribution in [0.5, 0.6) is 11.5 Å². The number of carbonyl (C=O) groups excluding carboxylic acids is 1. The number of ether oxygens (including phenoxy) is 2. The Morgan fingerprint density at radius 2 is 2.08 bits per heavy atom. The fourth-order valence-corrected chi connectivity index (χ4v) is 3.22. The molecule has 6 heteroatoms. The van der Waals surface area contributed by atoms with Crippen LogP contribution in [0.1, 0.15) is 38.7 Å². The topological polar surface area (TPSA) is 47.6 Å². The second-order valence-corrected chi connectivity index (χ2v) is 6.47. The molecule has 1 N–H and O–H groups in total. The summed E-state index contributed by atoms with van der Waals surface area (Å²) in [6, 6.07) is 4.91. The van der Waals surface area contributed by atoms with E-state index in [1.165, 1.54) is 31.7 Å². The minimum absolute atomic E-state index is 0.0799. The van der Waals surface area contributed by atoms with Gasteiger partial charge in [-0.15, -0.1) is 0 Å². The van der Waals surface area contributed by atoms with Gasteiger partial charge in [0, 0.05) is 17.7 Å². The van der Waals surface area contributed by atoms with Crippen molar-refractivity contribution in [1.82, 2.24) is 5.32 Å². The van der Waals surface area contributed by atoms with Gasteiger partial charge < -0.3 is 14.8 Å². The Hall–Kier alpha value is -2.11. The van der Waals surface area contributed by atoms with Crippen LogP contribution in [0.3, 0.4) is 0 Å². The van der Waals surface area contributed by atoms with Gasteiger partial charge in [-0.1, -0.05) is 38.8 Å². The van der Waals surface area contributed by atoms with E-state index in [1.54, 1.807) is 12.1 Å². The van der Waals surface area contributed by atoms with Crippen LogP contribution in [0, 0.1) is 11.8 Å². The number of amides is 1. The standard InChI is InChI=1S/C19H25F2NO3/c1-12-6-4-8-15(13(12)2)22-17(23)11-10-14-7-5-9-16(24-3)18(14)25-19(20)21/h5,7,9-13,15,19H,4,6,8H2,1-3H3,(H,22,23)/b11-10+/t12-,13+,15-/m0/s1. The predicted molar refractivity (Wildman–Crippen MR) is 92.8 cm³/mol. The molecule has 0 aromatic heterocycles. The lowest BCUT2D eigenvalue weighted by molar-refractivity contribution is -0.117. The van der Waals surface area contributed by atoms with Crippen LogP contribution >= 0.6 is 0 Å². The molecule has 0 aliphatic heterocycles. The third kappa shape index (κ3) is 5.18. The molecule has 0 heterocycles. The van der Waals surface area contributed by atoms with Crippen molar-refractivity contribution in [2.75, 3.05) is 7.11 Å². The number of alkyl halides is 2. The Balaban J connectivity index is 2.09. The summed E-state index contributed by atoms with van der Waals surface area (Å²) < 4.78 is 34.8. The van der Waals surface area contributed by atoms with Crippen molar-refractivity contribution in [3.05, 3.63) is 29.8 Å². The van der Waals surface area contributed by atoms with Crippen LogP contribution in [-0.2, 0) is 4.79 Å². The predicted octanol–water partition coefficient (Wildman–Crippen LogP) is 4.25. The molecule has 1 fully saturated rings. The lowest BCUT2D eigenvalue weighted by Gasteiger charge is -2.34. The Labute approximate surface area is 147 Å². The molecule has 138 valence electrons. The van der Waals surface area contributed by atoms with Gasteiger partial charge in [0.1, 0.15) is 0 Å². The third-order valence-corrected chi connectivity index (χ3v) is 4.88. The van der Waals surface area contributed by atoms with Crippen LogP contribution in [0.25, 0.3) is 6.08 Å². The summed E-state index contributed by atoms with van der Waals surface area (Å²) in [5.41, 5.74) is 0.361. The Bertz CT molecular complexity index is 619. The molecule has 0 bridgehead atoms. The SMILES string of the molecule is COc1cccc(/C=C/C(=O)N[C@H]2CCC[C@H](C)[C@H]2C)c1OC(F)F. The number of halogens is 2. The van der Waals surface area contributed by atoms with E-state index in [2.05, 4.69) is 23.9 Å². The number of carbonyl (C=O) groups is 1. The molecule has 1 amide bonds. The monoisotopic (exact) mass is 353 g/mol. The number of nitrogens with one attached hydrogen (secondary N) is 1. The smallest absolute Gasteiger partial charge is 0.387 e. The van der Waals surface area contributed by atoms with Crippen LogP contribution in [-0.4, -0.2) is 25.7 Å². The van der Waals surface area contributed by atoms with Crippen LogP contribution < -0.4 is 14.8 Å². The van der Waals surface area contributed by atoms with Gasteiger partial charge in [0.2, 0.25) is 5.91 Å². The molecule has 0 saturated heterocycles. The van der Waals surface area contributed by atoms with E-state index in [4.69, 9.17) is 4.74 Å². The van der Waals surface area contributed by atoms with E-state index in [-0.39, 0.29) is 23.4 Å². The number of para-hydroxylation sites is 1. The van der Waals surface area contributed by atoms with Gasteiger partial charge >= 0.3 is 6.61 Å². The van der Waals surface area contributed by atoms with Crippen molar-refractivity contribution in [3.8, 4) is 11.5 Å². The second kappa shape index (κ2) is 8.83. The highest BCUT2D eigenvalue weighted by Crippen LogP contribution is 2.33. The lowest BCUT2D eigenvalue weighted by atomic mass is 9.78. The largest absolute Gasteiger partial charge is 0.493 e. The zero-order chi connectivity index (χ0) is 18.4. The highest BCUT2D eigenvalue weighted by atomic mass is 19.3. The number of benzene rings is 1. The molecule has 2 rings (SSSR count). The van der Waals surface area contributed by atoms with Crippen LogP contribution in [0.4, 0.5) is 8.78 Å². The van der Waals surface area contributed by atoms with Gasteiger partial charge in [0.05, 0.1) is 7.11 Å². The molecule has 1 aliphatic carbocycles. The number of hydrogen-bond donors (Lipinski definition) is 1. The van der Waals surface area contributed by atoms with E-state index in [0.717, 1.165) is 12.8 Å². The Kier molecular flexibility index (Phi) is 6.79. The first-order valence-electron chi connectivity index (χ1n) is 8.52. The highest BCUT2D eigenvalue weighted by molar-refractivity contribution is 5.92. The second-order valence-electron chi connectivity index (χ2n) is 6.47. The first kappa shape index (κ1) is 19.2. The van der Waals surface area contributed by atoms with E-state index < -0.39 is 6.61 Å². The zero-order valence-corrected chi connectivity index (χ0v) is 14.8. The summed E-state index contributed by atoms with van der Waals surface area (Å²) in [5, 5.41) is 3.01. The molecule has 1 aliphatic rings. The van der Waals surface area contributed by atoms with Crippen molar-refractivity contribution in [2.45, 2.75) is 45.8 Å². The molecule has 1 saturated carbocycles. The average molecular weight is 353 g/mol. The van der Waals surface area contributed by atoms with Crippen molar-refractivity contribution in [2.24, 2.45) is 11.8 Å². The molecule has 0 unspecified atom stereocenters. The minimum Gasteiger partial charge on any atom is -0.493 e. The molecule has 0 radical (unpaired) electrons. The molecule has 1 aromatic carbocycles. The number of methoxy groups -OCH3 is 1. The van der Waals surface area contributed by atoms with Crippen LogP contribution in [0.2, 0.25) is 0 Å². The molecule has 25 heavy (non-hydrogen) atoms. The quantitative estimate of drug-likeness (QED) is 0.778. The Morgan fingerprint density at radius 1 is 1.32 bits per heavy atom. The molecule has 1 aromatic rings. The fourth-order valence-electron chi connectivity index (χ4n) is 3.22. The van der Waals surface area contributed by atoms with Crippen molar-refractivity contribution < 1.29 is 23.0 Å². The van der Waals surface area contributed by atoms with Gasteiger partial charge in [-0.2, -0.15) is 8.78 Å². The maximum absolute atomic E-state index is 12.6. The van der Waals surface area contributed by atoms with E-state index >= 15 is 0 Å². The maximum Gasteiger partial charge on any atom is 0.387 e. The molecular formula is C19H25F2NO3. The molecule has 3 atom stereocenters. The summed E-state index contributed by atoms with van der Waals surface area (Å²) in [7, 11) is 1.37. The number of rotatable bonds is 6. The highest BCUT2D eigenvalue weighted by Gasteiger charge is 2.27. The van der Waals surface area contributed by atoms with Crippen LogP contribution in [0.15, 0.2) is 24.3 Å². The third-order valence-electron chi connectivity index (χ3n) is 4.88. The number of hydrogen-bond acceptors (Lipinski definition) is 3. The van der Waals surface area contributed by atoms with Crippen molar-refractivity contribution in [3.63, 3.8) is 0 Å². The zero-order valence-electron chi connectivity index (χ0n) is 14.8. The lowest BCUT2D eigenvalue weighted by Crippen LogP contribution is -2.43. The molecule has 4 nitrogen and oxygen atoms in total. The van der Waals surface area contributed by atoms with Gasteiger partial charge in [-0.05, 0) is 30.4 Å². The summed E-state index contributed by atoms with van der Waals surface area (Å²) in [4.78, 5) is 12.2. The Morgan fingerprint density at radius 3 is 2.76 bits per heavy atom. The van der Waals surface area contributed by atoms with E-state index in [1.807, 2.05) is 0 Å². The minimum atomic E-state index is -2.97. The normalized spacial score (nSPS) is 23.7. The maximum atomic E-state index is 12.6. The van der Waals surface area contributed by atoms with E-state index in [0.29, 0.717) is 17.4 Å².